The predicted octanol–water partition coefficient (Wildman–Crippen LogP) is 1.79. The summed E-state index contributed by atoms with van der Waals surface area (Å²) in [5.41, 5.74) is 1.96. The molecule has 0 saturated carbocycles. The quantitative estimate of drug-likeness (QED) is 0.861. The van der Waals surface area contributed by atoms with Gasteiger partial charge < -0.3 is 24.1 Å². The van der Waals surface area contributed by atoms with Gasteiger partial charge in [-0.3, -0.25) is 0 Å². The number of aromatic hydroxyl groups is 1. The monoisotopic (exact) mass is 292 g/mol. The molecule has 2 aliphatic heterocycles. The Kier molecular flexibility index (Phi) is 2.93. The molecule has 0 spiro atoms. The van der Waals surface area contributed by atoms with Gasteiger partial charge in [-0.15, -0.1) is 0 Å². The van der Waals surface area contributed by atoms with E-state index in [1.807, 2.05) is 19.9 Å². The third-order valence-electron chi connectivity index (χ3n) is 4.29. The van der Waals surface area contributed by atoms with Crippen LogP contribution in [0.1, 0.15) is 25.0 Å². The maximum absolute atomic E-state index is 10.1. The zero-order chi connectivity index (χ0) is 14.6. The minimum Gasteiger partial charge on any atom is -0.508 e. The Bertz CT molecular complexity index is 564. The number of hydrogen-bond donors (Lipinski definition) is 1. The van der Waals surface area contributed by atoms with E-state index < -0.39 is 5.79 Å². The normalized spacial score (nSPS) is 32.4. The van der Waals surface area contributed by atoms with Crippen molar-refractivity contribution in [2.75, 3.05) is 13.2 Å². The zero-order valence-electron chi connectivity index (χ0n) is 12.3. The number of benzene rings is 1. The predicted molar refractivity (Wildman–Crippen MR) is 74.6 cm³/mol. The Hall–Kier alpha value is -1.30. The summed E-state index contributed by atoms with van der Waals surface area (Å²) in [6.45, 7) is 5.19. The van der Waals surface area contributed by atoms with E-state index in [0.717, 1.165) is 23.5 Å². The molecule has 5 heteroatoms. The molecular formula is C16H20O5. The number of phenolic OH excluding ortho intramolecular Hbond substituents is 1. The Labute approximate surface area is 123 Å². The molecule has 1 aromatic carbocycles. The third-order valence-corrected chi connectivity index (χ3v) is 4.29. The lowest BCUT2D eigenvalue weighted by Crippen LogP contribution is -2.32. The van der Waals surface area contributed by atoms with Crippen LogP contribution in [-0.4, -0.2) is 42.4 Å². The Morgan fingerprint density at radius 3 is 2.52 bits per heavy atom. The lowest BCUT2D eigenvalue weighted by molar-refractivity contribution is -0.145. The highest BCUT2D eigenvalue weighted by molar-refractivity contribution is 5.50. The van der Waals surface area contributed by atoms with Gasteiger partial charge in [-0.05, 0) is 26.0 Å². The van der Waals surface area contributed by atoms with Gasteiger partial charge in [0.05, 0.1) is 18.8 Å². The van der Waals surface area contributed by atoms with E-state index in [1.54, 1.807) is 6.07 Å². The van der Waals surface area contributed by atoms with Crippen molar-refractivity contribution >= 4 is 0 Å². The van der Waals surface area contributed by atoms with Gasteiger partial charge in [0.2, 0.25) is 0 Å². The van der Waals surface area contributed by atoms with Crippen LogP contribution >= 0.6 is 0 Å². The Morgan fingerprint density at radius 1 is 1.19 bits per heavy atom. The molecule has 3 atom stereocenters. The molecule has 3 aliphatic rings. The largest absolute Gasteiger partial charge is 0.508 e. The van der Waals surface area contributed by atoms with Gasteiger partial charge in [0.1, 0.15) is 24.2 Å². The Morgan fingerprint density at radius 2 is 1.86 bits per heavy atom. The second-order valence-corrected chi connectivity index (χ2v) is 6.43. The maximum atomic E-state index is 10.1. The first-order valence-electron chi connectivity index (χ1n) is 7.45. The summed E-state index contributed by atoms with van der Waals surface area (Å²) in [5, 5.41) is 10.1. The SMILES string of the molecule is CC1(C)O[C@H]2Cc3c(O)ccc(OCC4CO4)c3C[C@H]2O1. The maximum Gasteiger partial charge on any atom is 0.163 e. The average Bonchev–Trinajstić information content (AvgIpc) is 3.18. The van der Waals surface area contributed by atoms with Gasteiger partial charge in [-0.1, -0.05) is 0 Å². The van der Waals surface area contributed by atoms with Gasteiger partial charge in [-0.25, -0.2) is 0 Å². The second kappa shape index (κ2) is 4.60. The summed E-state index contributed by atoms with van der Waals surface area (Å²) in [6, 6.07) is 3.53. The summed E-state index contributed by atoms with van der Waals surface area (Å²) in [7, 11) is 0. The third kappa shape index (κ3) is 2.50. The van der Waals surface area contributed by atoms with Crippen LogP contribution in [0.2, 0.25) is 0 Å². The summed E-state index contributed by atoms with van der Waals surface area (Å²) < 4.78 is 22.9. The highest BCUT2D eigenvalue weighted by Crippen LogP contribution is 2.42. The average molecular weight is 292 g/mol. The molecule has 2 saturated heterocycles. The zero-order valence-corrected chi connectivity index (χ0v) is 12.3. The summed E-state index contributed by atoms with van der Waals surface area (Å²) >= 11 is 0. The van der Waals surface area contributed by atoms with Gasteiger partial charge in [-0.2, -0.15) is 0 Å². The van der Waals surface area contributed by atoms with Crippen molar-refractivity contribution in [1.82, 2.24) is 0 Å². The molecule has 2 heterocycles. The van der Waals surface area contributed by atoms with E-state index in [0.29, 0.717) is 25.2 Å². The van der Waals surface area contributed by atoms with Crippen molar-refractivity contribution < 1.29 is 24.1 Å². The molecule has 4 rings (SSSR count). The summed E-state index contributed by atoms with van der Waals surface area (Å²) in [5.74, 6) is 0.576. The van der Waals surface area contributed by atoms with Crippen molar-refractivity contribution in [3.05, 3.63) is 23.3 Å². The van der Waals surface area contributed by atoms with Crippen molar-refractivity contribution in [3.63, 3.8) is 0 Å². The molecule has 1 N–H and O–H groups in total. The summed E-state index contributed by atoms with van der Waals surface area (Å²) in [4.78, 5) is 0. The van der Waals surface area contributed by atoms with Crippen LogP contribution in [-0.2, 0) is 27.1 Å². The van der Waals surface area contributed by atoms with Crippen LogP contribution in [0.3, 0.4) is 0 Å². The highest BCUT2D eigenvalue weighted by Gasteiger charge is 2.45. The minimum atomic E-state index is -0.560. The molecule has 5 nitrogen and oxygen atoms in total. The van der Waals surface area contributed by atoms with Gasteiger partial charge >= 0.3 is 0 Å². The standard InChI is InChI=1S/C16H20O5/c1-16(2)20-14-5-10-11(6-15(14)21-16)13(4-3-12(10)17)19-8-9-7-18-9/h3-4,9,14-15,17H,5-8H2,1-2H3/t9?,14-,15+/m0/s1. The van der Waals surface area contributed by atoms with Crippen LogP contribution < -0.4 is 4.74 Å². The van der Waals surface area contributed by atoms with Crippen LogP contribution in [0.4, 0.5) is 0 Å². The van der Waals surface area contributed by atoms with E-state index in [4.69, 9.17) is 18.9 Å². The fraction of sp³-hybridized carbons (Fsp3) is 0.625. The van der Waals surface area contributed by atoms with Gasteiger partial charge in [0.15, 0.2) is 5.79 Å². The van der Waals surface area contributed by atoms with Crippen LogP contribution in [0.15, 0.2) is 12.1 Å². The molecule has 1 unspecified atom stereocenters. The summed E-state index contributed by atoms with van der Waals surface area (Å²) in [6.07, 6.45) is 1.61. The number of epoxide rings is 1. The number of fused-ring (bicyclic) bond motifs is 2. The minimum absolute atomic E-state index is 0.000385. The van der Waals surface area contributed by atoms with Crippen LogP contribution in [0, 0.1) is 0 Å². The fourth-order valence-electron chi connectivity index (χ4n) is 3.25. The smallest absolute Gasteiger partial charge is 0.163 e. The molecule has 0 radical (unpaired) electrons. The first-order chi connectivity index (χ1) is 10.0. The lowest BCUT2D eigenvalue weighted by Gasteiger charge is -2.27. The van der Waals surface area contributed by atoms with E-state index in [1.165, 1.54) is 0 Å². The molecule has 114 valence electrons. The molecule has 0 amide bonds. The van der Waals surface area contributed by atoms with Crippen molar-refractivity contribution in [1.29, 1.82) is 0 Å². The first-order valence-corrected chi connectivity index (χ1v) is 7.45. The fourth-order valence-corrected chi connectivity index (χ4v) is 3.25. The lowest BCUT2D eigenvalue weighted by atomic mass is 9.86. The van der Waals surface area contributed by atoms with E-state index in [9.17, 15) is 5.11 Å². The first kappa shape index (κ1) is 13.4. The highest BCUT2D eigenvalue weighted by atomic mass is 16.7. The topological polar surface area (TPSA) is 60.5 Å². The van der Waals surface area contributed by atoms with Gasteiger partial charge in [0.25, 0.3) is 0 Å². The molecule has 1 aliphatic carbocycles. The molecule has 2 fully saturated rings. The van der Waals surface area contributed by atoms with Gasteiger partial charge in [0, 0.05) is 24.0 Å². The second-order valence-electron chi connectivity index (χ2n) is 6.43. The number of hydrogen-bond acceptors (Lipinski definition) is 5. The number of rotatable bonds is 3. The van der Waals surface area contributed by atoms with E-state index in [2.05, 4.69) is 0 Å². The number of phenols is 1. The van der Waals surface area contributed by atoms with Crippen molar-refractivity contribution in [2.45, 2.75) is 50.8 Å². The molecular weight excluding hydrogens is 272 g/mol. The van der Waals surface area contributed by atoms with Crippen molar-refractivity contribution in [2.24, 2.45) is 0 Å². The van der Waals surface area contributed by atoms with Crippen LogP contribution in [0.25, 0.3) is 0 Å². The molecule has 0 bridgehead atoms. The molecule has 21 heavy (non-hydrogen) atoms. The van der Waals surface area contributed by atoms with E-state index >= 15 is 0 Å². The van der Waals surface area contributed by atoms with Crippen molar-refractivity contribution in [3.8, 4) is 11.5 Å². The molecule has 0 aromatic heterocycles. The molecule has 1 aromatic rings. The van der Waals surface area contributed by atoms with Crippen LogP contribution in [0.5, 0.6) is 11.5 Å². The number of ether oxygens (including phenoxy) is 4. The Balaban J connectivity index is 1.62. The van der Waals surface area contributed by atoms with E-state index in [-0.39, 0.29) is 18.3 Å².